The molecule has 6 heteroatoms. The van der Waals surface area contributed by atoms with Gasteiger partial charge in [0.15, 0.2) is 0 Å². The largest absolute Gasteiger partial charge is 0.389 e. The van der Waals surface area contributed by atoms with E-state index in [1.165, 1.54) is 0 Å². The lowest BCUT2D eigenvalue weighted by molar-refractivity contribution is -0.138. The summed E-state index contributed by atoms with van der Waals surface area (Å²) >= 11 is 0. The van der Waals surface area contributed by atoms with Crippen LogP contribution in [-0.2, 0) is 17.9 Å². The third kappa shape index (κ3) is 8.12. The van der Waals surface area contributed by atoms with Crippen molar-refractivity contribution in [3.63, 3.8) is 0 Å². The number of nitrogens with one attached hydrogen (secondary N) is 1. The van der Waals surface area contributed by atoms with Crippen molar-refractivity contribution in [1.29, 1.82) is 0 Å². The van der Waals surface area contributed by atoms with E-state index < -0.39 is 12.6 Å². The smallest absolute Gasteiger partial charge is 0.375 e. The Morgan fingerprint density at radius 2 is 2.00 bits per heavy atom. The second-order valence-electron chi connectivity index (χ2n) is 4.57. The van der Waals surface area contributed by atoms with Gasteiger partial charge in [-0.05, 0) is 31.5 Å². The van der Waals surface area contributed by atoms with E-state index in [0.717, 1.165) is 24.4 Å². The van der Waals surface area contributed by atoms with Gasteiger partial charge in [0, 0.05) is 19.6 Å². The van der Waals surface area contributed by atoms with Crippen molar-refractivity contribution in [1.82, 2.24) is 10.3 Å². The molecule has 0 saturated heterocycles. The van der Waals surface area contributed by atoms with Gasteiger partial charge in [-0.25, -0.2) is 0 Å². The number of alkyl halides is 3. The first-order valence-corrected chi connectivity index (χ1v) is 6.81. The molecule has 20 heavy (non-hydrogen) atoms. The minimum atomic E-state index is -4.10. The van der Waals surface area contributed by atoms with Gasteiger partial charge < -0.3 is 10.1 Å². The number of pyridine rings is 1. The normalized spacial score (nSPS) is 11.8. The predicted molar refractivity (Wildman–Crippen MR) is 71.2 cm³/mol. The summed E-state index contributed by atoms with van der Waals surface area (Å²) in [5.41, 5.74) is 1.66. The summed E-state index contributed by atoms with van der Waals surface area (Å²) in [7, 11) is 0. The molecule has 1 heterocycles. The number of nitrogens with zero attached hydrogens (tertiary/aromatic N) is 1. The van der Waals surface area contributed by atoms with Crippen LogP contribution in [0.1, 0.15) is 37.6 Å². The fourth-order valence-electron chi connectivity index (χ4n) is 1.65. The summed E-state index contributed by atoms with van der Waals surface area (Å²) in [6, 6.07) is 5.60. The third-order valence-electron chi connectivity index (χ3n) is 2.60. The minimum absolute atomic E-state index is 0.0127. The number of rotatable bonds is 9. The van der Waals surface area contributed by atoms with Crippen molar-refractivity contribution in [2.75, 3.05) is 13.2 Å². The number of hydrogen-bond donors (Lipinski definition) is 1. The zero-order chi connectivity index (χ0) is 14.8. The second kappa shape index (κ2) is 8.92. The second-order valence-corrected chi connectivity index (χ2v) is 4.57. The fourth-order valence-corrected chi connectivity index (χ4v) is 1.65. The standard InChI is InChI=1S/C14H21F3N2O/c1-2-8-18-10-12-5-3-6-13(19-12)11-20-9-4-7-14(15,16)17/h3,5-6,18H,2,4,7-11H2,1H3. The Hall–Kier alpha value is -1.14. The molecule has 0 saturated carbocycles. The molecule has 0 unspecified atom stereocenters. The number of halogens is 3. The zero-order valence-corrected chi connectivity index (χ0v) is 11.7. The average molecular weight is 290 g/mol. The van der Waals surface area contributed by atoms with Gasteiger partial charge in [0.1, 0.15) is 0 Å². The van der Waals surface area contributed by atoms with Gasteiger partial charge in [0.2, 0.25) is 0 Å². The van der Waals surface area contributed by atoms with Crippen molar-refractivity contribution >= 4 is 0 Å². The Morgan fingerprint density at radius 1 is 1.25 bits per heavy atom. The molecular weight excluding hydrogens is 269 g/mol. The third-order valence-corrected chi connectivity index (χ3v) is 2.60. The molecule has 1 aromatic rings. The lowest BCUT2D eigenvalue weighted by Gasteiger charge is -2.08. The summed E-state index contributed by atoms with van der Waals surface area (Å²) in [5, 5.41) is 3.24. The summed E-state index contributed by atoms with van der Waals surface area (Å²) in [5.74, 6) is 0. The lowest BCUT2D eigenvalue weighted by Crippen LogP contribution is -2.15. The highest BCUT2D eigenvalue weighted by molar-refractivity contribution is 5.10. The van der Waals surface area contributed by atoms with Gasteiger partial charge in [-0.15, -0.1) is 0 Å². The van der Waals surface area contributed by atoms with E-state index in [1.807, 2.05) is 18.2 Å². The quantitative estimate of drug-likeness (QED) is 0.707. The van der Waals surface area contributed by atoms with Crippen molar-refractivity contribution in [3.05, 3.63) is 29.6 Å². The molecular formula is C14H21F3N2O. The fraction of sp³-hybridized carbons (Fsp3) is 0.643. The maximum absolute atomic E-state index is 11.9. The number of aromatic nitrogens is 1. The van der Waals surface area contributed by atoms with Crippen LogP contribution in [-0.4, -0.2) is 24.3 Å². The van der Waals surface area contributed by atoms with Crippen molar-refractivity contribution in [3.8, 4) is 0 Å². The molecule has 114 valence electrons. The first kappa shape index (κ1) is 16.9. The van der Waals surface area contributed by atoms with E-state index in [-0.39, 0.29) is 19.6 Å². The van der Waals surface area contributed by atoms with Crippen LogP contribution in [0, 0.1) is 0 Å². The molecule has 0 aliphatic carbocycles. The Balaban J connectivity index is 2.24. The number of hydrogen-bond acceptors (Lipinski definition) is 3. The van der Waals surface area contributed by atoms with E-state index in [0.29, 0.717) is 6.54 Å². The molecule has 1 rings (SSSR count). The van der Waals surface area contributed by atoms with Gasteiger partial charge in [-0.3, -0.25) is 4.98 Å². The Bertz CT molecular complexity index is 383. The van der Waals surface area contributed by atoms with E-state index >= 15 is 0 Å². The molecule has 1 N–H and O–H groups in total. The molecule has 0 aromatic carbocycles. The van der Waals surface area contributed by atoms with E-state index in [2.05, 4.69) is 17.2 Å². The summed E-state index contributed by atoms with van der Waals surface area (Å²) in [4.78, 5) is 4.38. The monoisotopic (exact) mass is 290 g/mol. The zero-order valence-electron chi connectivity index (χ0n) is 11.7. The first-order chi connectivity index (χ1) is 9.51. The highest BCUT2D eigenvalue weighted by atomic mass is 19.4. The molecule has 3 nitrogen and oxygen atoms in total. The van der Waals surface area contributed by atoms with Gasteiger partial charge in [0.25, 0.3) is 0 Å². The molecule has 0 aliphatic heterocycles. The van der Waals surface area contributed by atoms with E-state index in [4.69, 9.17) is 4.74 Å². The molecule has 0 amide bonds. The molecule has 0 bridgehead atoms. The number of ether oxygens (including phenoxy) is 1. The van der Waals surface area contributed by atoms with E-state index in [9.17, 15) is 13.2 Å². The lowest BCUT2D eigenvalue weighted by atomic mass is 10.3. The molecule has 0 atom stereocenters. The molecule has 0 radical (unpaired) electrons. The van der Waals surface area contributed by atoms with Crippen molar-refractivity contribution in [2.45, 2.75) is 45.5 Å². The summed E-state index contributed by atoms with van der Waals surface area (Å²) in [6.45, 7) is 4.06. The van der Waals surface area contributed by atoms with Crippen LogP contribution in [0.2, 0.25) is 0 Å². The van der Waals surface area contributed by atoms with Crippen LogP contribution >= 0.6 is 0 Å². The maximum Gasteiger partial charge on any atom is 0.389 e. The van der Waals surface area contributed by atoms with Crippen molar-refractivity contribution in [2.24, 2.45) is 0 Å². The topological polar surface area (TPSA) is 34.1 Å². The molecule has 0 aliphatic rings. The van der Waals surface area contributed by atoms with Gasteiger partial charge in [0.05, 0.1) is 18.0 Å². The summed E-state index contributed by atoms with van der Waals surface area (Å²) in [6.07, 6.45) is -3.86. The molecule has 1 aromatic heterocycles. The van der Waals surface area contributed by atoms with Crippen LogP contribution < -0.4 is 5.32 Å². The van der Waals surface area contributed by atoms with Crippen molar-refractivity contribution < 1.29 is 17.9 Å². The molecule has 0 fully saturated rings. The highest BCUT2D eigenvalue weighted by Crippen LogP contribution is 2.21. The molecule has 0 spiro atoms. The van der Waals surface area contributed by atoms with Crippen LogP contribution in [0.15, 0.2) is 18.2 Å². The van der Waals surface area contributed by atoms with Gasteiger partial charge >= 0.3 is 6.18 Å². The minimum Gasteiger partial charge on any atom is -0.375 e. The first-order valence-electron chi connectivity index (χ1n) is 6.81. The van der Waals surface area contributed by atoms with Crippen LogP contribution in [0.5, 0.6) is 0 Å². The van der Waals surface area contributed by atoms with Crippen LogP contribution in [0.3, 0.4) is 0 Å². The van der Waals surface area contributed by atoms with Gasteiger partial charge in [-0.2, -0.15) is 13.2 Å². The van der Waals surface area contributed by atoms with E-state index in [1.54, 1.807) is 0 Å². The van der Waals surface area contributed by atoms with Crippen LogP contribution in [0.25, 0.3) is 0 Å². The summed E-state index contributed by atoms with van der Waals surface area (Å²) < 4.78 is 41.0. The van der Waals surface area contributed by atoms with Gasteiger partial charge in [-0.1, -0.05) is 13.0 Å². The highest BCUT2D eigenvalue weighted by Gasteiger charge is 2.25. The maximum atomic E-state index is 11.9. The Labute approximate surface area is 117 Å². The SMILES string of the molecule is CCCNCc1cccc(COCCCC(F)(F)F)n1. The Kier molecular flexibility index (Phi) is 7.54. The Morgan fingerprint density at radius 3 is 2.70 bits per heavy atom. The average Bonchev–Trinajstić information content (AvgIpc) is 2.38. The predicted octanol–water partition coefficient (Wildman–Crippen LogP) is 3.44. The van der Waals surface area contributed by atoms with Crippen LogP contribution in [0.4, 0.5) is 13.2 Å².